The minimum Gasteiger partial charge on any atom is -0.464 e. The average molecular weight is 405 g/mol. The van der Waals surface area contributed by atoms with Gasteiger partial charge in [-0.15, -0.1) is 0 Å². The minimum atomic E-state index is -0.732. The third-order valence-electron chi connectivity index (χ3n) is 4.97. The van der Waals surface area contributed by atoms with E-state index >= 15 is 0 Å². The van der Waals surface area contributed by atoms with Crippen LogP contribution in [0.2, 0.25) is 0 Å². The van der Waals surface area contributed by atoms with Crippen LogP contribution in [0, 0.1) is 13.8 Å². The molecule has 1 amide bonds. The van der Waals surface area contributed by atoms with Gasteiger partial charge in [0.2, 0.25) is 5.91 Å². The smallest absolute Gasteiger partial charge is 0.328 e. The maximum Gasteiger partial charge on any atom is 0.328 e. The van der Waals surface area contributed by atoms with E-state index in [1.165, 1.54) is 0 Å². The van der Waals surface area contributed by atoms with Gasteiger partial charge in [-0.25, -0.2) is 9.48 Å². The number of ether oxygens (including phenoxy) is 1. The maximum absolute atomic E-state index is 12.8. The predicted molar refractivity (Wildman–Crippen MR) is 115 cm³/mol. The molecule has 0 bridgehead atoms. The number of hydrogen-bond donors (Lipinski definition) is 1. The van der Waals surface area contributed by atoms with Gasteiger partial charge in [0, 0.05) is 17.7 Å². The molecule has 0 saturated carbocycles. The van der Waals surface area contributed by atoms with Crippen LogP contribution >= 0.6 is 0 Å². The largest absolute Gasteiger partial charge is 0.464 e. The van der Waals surface area contributed by atoms with Crippen LogP contribution in [0.4, 0.5) is 0 Å². The van der Waals surface area contributed by atoms with Gasteiger partial charge in [0.1, 0.15) is 6.04 Å². The number of rotatable bonds is 8. The van der Waals surface area contributed by atoms with E-state index in [9.17, 15) is 9.59 Å². The molecule has 2 aromatic carbocycles. The van der Waals surface area contributed by atoms with Gasteiger partial charge in [-0.05, 0) is 38.5 Å². The van der Waals surface area contributed by atoms with Crippen LogP contribution in [0.3, 0.4) is 0 Å². The minimum absolute atomic E-state index is 0.148. The number of carbonyl (C=O) groups is 2. The number of carbonyl (C=O) groups excluding carboxylic acids is 2. The first-order valence-electron chi connectivity index (χ1n) is 10.1. The molecule has 3 rings (SSSR count). The lowest BCUT2D eigenvalue weighted by Crippen LogP contribution is -2.44. The number of benzene rings is 2. The number of aromatic nitrogens is 2. The van der Waals surface area contributed by atoms with Gasteiger partial charge < -0.3 is 10.1 Å². The van der Waals surface area contributed by atoms with Crippen molar-refractivity contribution in [3.63, 3.8) is 0 Å². The fourth-order valence-electron chi connectivity index (χ4n) is 3.44. The zero-order chi connectivity index (χ0) is 21.5. The highest BCUT2D eigenvalue weighted by Crippen LogP contribution is 2.18. The van der Waals surface area contributed by atoms with Crippen molar-refractivity contribution in [2.75, 3.05) is 6.61 Å². The first kappa shape index (κ1) is 21.3. The van der Waals surface area contributed by atoms with Gasteiger partial charge in [0.25, 0.3) is 0 Å². The van der Waals surface area contributed by atoms with E-state index in [-0.39, 0.29) is 18.9 Å². The van der Waals surface area contributed by atoms with Crippen molar-refractivity contribution in [3.8, 4) is 5.69 Å². The topological polar surface area (TPSA) is 73.2 Å². The van der Waals surface area contributed by atoms with E-state index in [0.717, 1.165) is 28.2 Å². The van der Waals surface area contributed by atoms with Crippen LogP contribution in [0.15, 0.2) is 60.7 Å². The number of nitrogens with one attached hydrogen (secondary N) is 1. The van der Waals surface area contributed by atoms with E-state index in [1.807, 2.05) is 79.2 Å². The Hall–Kier alpha value is -3.41. The van der Waals surface area contributed by atoms with Crippen LogP contribution in [0.5, 0.6) is 0 Å². The lowest BCUT2D eigenvalue weighted by atomic mass is 10.0. The van der Waals surface area contributed by atoms with E-state index in [1.54, 1.807) is 6.92 Å². The van der Waals surface area contributed by atoms with Gasteiger partial charge in [-0.3, -0.25) is 4.79 Å². The van der Waals surface area contributed by atoms with Crippen LogP contribution in [-0.4, -0.2) is 34.3 Å². The van der Waals surface area contributed by atoms with E-state index in [0.29, 0.717) is 6.42 Å². The van der Waals surface area contributed by atoms with Crippen molar-refractivity contribution in [1.29, 1.82) is 0 Å². The molecule has 6 nitrogen and oxygen atoms in total. The van der Waals surface area contributed by atoms with E-state index in [4.69, 9.17) is 4.74 Å². The van der Waals surface area contributed by atoms with E-state index in [2.05, 4.69) is 10.4 Å². The molecular formula is C24H27N3O3. The van der Waals surface area contributed by atoms with E-state index < -0.39 is 12.0 Å². The molecule has 30 heavy (non-hydrogen) atoms. The number of aryl methyl sites for hydroxylation is 1. The normalized spacial score (nSPS) is 11.7. The first-order chi connectivity index (χ1) is 14.5. The Morgan fingerprint density at radius 2 is 1.67 bits per heavy atom. The molecule has 1 heterocycles. The van der Waals surface area contributed by atoms with Crippen molar-refractivity contribution in [2.45, 2.75) is 39.7 Å². The van der Waals surface area contributed by atoms with Gasteiger partial charge in [-0.1, -0.05) is 48.5 Å². The molecule has 1 unspecified atom stereocenters. The lowest BCUT2D eigenvalue weighted by molar-refractivity contribution is -0.147. The Morgan fingerprint density at radius 3 is 2.30 bits per heavy atom. The van der Waals surface area contributed by atoms with Crippen LogP contribution < -0.4 is 5.32 Å². The summed E-state index contributed by atoms with van der Waals surface area (Å²) in [7, 11) is 0. The molecule has 0 spiro atoms. The molecule has 1 atom stereocenters. The molecule has 0 aliphatic rings. The molecule has 1 aromatic heterocycles. The first-order valence-corrected chi connectivity index (χ1v) is 10.1. The third kappa shape index (κ3) is 5.14. The molecule has 3 aromatic rings. The molecule has 0 aliphatic carbocycles. The molecule has 156 valence electrons. The zero-order valence-corrected chi connectivity index (χ0v) is 17.6. The highest BCUT2D eigenvalue weighted by Gasteiger charge is 2.24. The number of para-hydroxylation sites is 1. The summed E-state index contributed by atoms with van der Waals surface area (Å²) in [5.41, 5.74) is 4.46. The number of hydrogen-bond acceptors (Lipinski definition) is 4. The second-order valence-electron chi connectivity index (χ2n) is 7.14. The Kier molecular flexibility index (Phi) is 7.01. The summed E-state index contributed by atoms with van der Waals surface area (Å²) in [6, 6.07) is 18.6. The molecule has 1 N–H and O–H groups in total. The van der Waals surface area contributed by atoms with Crippen molar-refractivity contribution in [2.24, 2.45) is 0 Å². The fraction of sp³-hybridized carbons (Fsp3) is 0.292. The van der Waals surface area contributed by atoms with Gasteiger partial charge in [0.15, 0.2) is 0 Å². The summed E-state index contributed by atoms with van der Waals surface area (Å²) >= 11 is 0. The predicted octanol–water partition coefficient (Wildman–Crippen LogP) is 3.32. The third-order valence-corrected chi connectivity index (χ3v) is 4.97. The Bertz CT molecular complexity index is 997. The number of amides is 1. The Balaban J connectivity index is 1.75. The van der Waals surface area contributed by atoms with Gasteiger partial charge in [0.05, 0.1) is 24.4 Å². The summed E-state index contributed by atoms with van der Waals surface area (Å²) in [4.78, 5) is 25.2. The van der Waals surface area contributed by atoms with Gasteiger partial charge >= 0.3 is 5.97 Å². The number of nitrogens with zero attached hydrogens (tertiary/aromatic N) is 2. The summed E-state index contributed by atoms with van der Waals surface area (Å²) in [6.07, 6.45) is 0.530. The van der Waals surface area contributed by atoms with Crippen molar-refractivity contribution in [1.82, 2.24) is 15.1 Å². The second kappa shape index (κ2) is 9.87. The summed E-state index contributed by atoms with van der Waals surface area (Å²) in [6.45, 7) is 5.86. The Morgan fingerprint density at radius 1 is 1.03 bits per heavy atom. The molecule has 0 fully saturated rings. The molecule has 0 saturated heterocycles. The van der Waals surface area contributed by atoms with Gasteiger partial charge in [-0.2, -0.15) is 5.10 Å². The monoisotopic (exact) mass is 405 g/mol. The Labute approximate surface area is 176 Å². The quantitative estimate of drug-likeness (QED) is 0.584. The zero-order valence-electron chi connectivity index (χ0n) is 17.6. The highest BCUT2D eigenvalue weighted by molar-refractivity contribution is 5.86. The lowest BCUT2D eigenvalue weighted by Gasteiger charge is -2.17. The number of esters is 1. The van der Waals surface area contributed by atoms with Crippen LogP contribution in [0.1, 0.15) is 29.4 Å². The highest BCUT2D eigenvalue weighted by atomic mass is 16.5. The molecular weight excluding hydrogens is 378 g/mol. The van der Waals surface area contributed by atoms with Crippen molar-refractivity contribution in [3.05, 3.63) is 83.2 Å². The summed E-state index contributed by atoms with van der Waals surface area (Å²) in [5.74, 6) is -0.661. The standard InChI is InChI=1S/C24H27N3O3/c1-4-30-24(29)22(15-19-11-7-5-8-12-19)25-23(28)16-21-17(2)26-27(18(21)3)20-13-9-6-10-14-20/h5-14,22H,4,15-16H2,1-3H3,(H,25,28). The summed E-state index contributed by atoms with van der Waals surface area (Å²) < 4.78 is 7.00. The molecule has 6 heteroatoms. The van der Waals surface area contributed by atoms with Crippen molar-refractivity contribution >= 4 is 11.9 Å². The van der Waals surface area contributed by atoms with Crippen molar-refractivity contribution < 1.29 is 14.3 Å². The van der Waals surface area contributed by atoms with Crippen LogP contribution in [0.25, 0.3) is 5.69 Å². The summed E-state index contributed by atoms with van der Waals surface area (Å²) in [5, 5.41) is 7.44. The molecule has 0 radical (unpaired) electrons. The fourth-order valence-corrected chi connectivity index (χ4v) is 3.44. The second-order valence-corrected chi connectivity index (χ2v) is 7.14. The molecule has 0 aliphatic heterocycles. The van der Waals surface area contributed by atoms with Crippen LogP contribution in [-0.2, 0) is 27.2 Å². The maximum atomic E-state index is 12.8. The SMILES string of the molecule is CCOC(=O)C(Cc1ccccc1)NC(=O)Cc1c(C)nn(-c2ccccc2)c1C. The average Bonchev–Trinajstić information content (AvgIpc) is 3.03.